The van der Waals surface area contributed by atoms with E-state index in [9.17, 15) is 27.4 Å². The number of sulfone groups is 2. The fourth-order valence-electron chi connectivity index (χ4n) is 5.72. The second-order valence-electron chi connectivity index (χ2n) is 14.2. The molecule has 0 aliphatic rings. The van der Waals surface area contributed by atoms with E-state index in [0.717, 1.165) is 0 Å². The molecule has 0 spiro atoms. The fourth-order valence-corrected chi connectivity index (χ4v) is 20.6. The molecule has 0 N–H and O–H groups in total. The van der Waals surface area contributed by atoms with Gasteiger partial charge in [-0.05, 0) is 111 Å². The Morgan fingerprint density at radius 2 is 0.877 bits per heavy atom. The highest BCUT2D eigenvalue weighted by Crippen LogP contribution is 2.25. The Labute approximate surface area is 340 Å². The van der Waals surface area contributed by atoms with Crippen LogP contribution >= 0.6 is 0 Å². The summed E-state index contributed by atoms with van der Waals surface area (Å²) in [6.07, 6.45) is 6.56. The van der Waals surface area contributed by atoms with Gasteiger partial charge in [0.05, 0.1) is 9.79 Å². The van der Waals surface area contributed by atoms with Crippen molar-refractivity contribution in [3.05, 3.63) is 154 Å². The third-order valence-electron chi connectivity index (χ3n) is 8.01. The Morgan fingerprint density at radius 3 is 1.19 bits per heavy atom. The van der Waals surface area contributed by atoms with Gasteiger partial charge in [0, 0.05) is 0 Å². The highest BCUT2D eigenvalue weighted by atomic mass is 32.2. The van der Waals surface area contributed by atoms with Crippen molar-refractivity contribution in [2.24, 2.45) is 0 Å². The van der Waals surface area contributed by atoms with E-state index in [1.54, 1.807) is 84.9 Å². The zero-order valence-corrected chi connectivity index (χ0v) is 37.4. The molecule has 0 bridgehead atoms. The Bertz CT molecular complexity index is 2250. The van der Waals surface area contributed by atoms with Gasteiger partial charge in [-0.25, -0.2) is 16.8 Å². The quantitative estimate of drug-likeness (QED) is 0.0700. The van der Waals surface area contributed by atoms with Gasteiger partial charge in [0.1, 0.15) is 46.7 Å². The van der Waals surface area contributed by atoms with Crippen LogP contribution in [-0.2, 0) is 27.9 Å². The monoisotopic (exact) mass is 854 g/mol. The standard InChI is InChI=1S/C42H46N2O8S2Si3/c1-55(2,29-13-27-49-37-23-19-35(20-24-37)31-41(33-43)53(45,46)39-15-9-7-10-16-39)51-57(5,6)52-56(3,4)30-14-28-50-38-25-21-36(22-26-38)32-42(34-44)54(47,48)40-17-11-8-12-18-40/h7-26,29-32H,27-28H2,1-6H3/b29-13+,30-14+,41-31+,42-32+. The van der Waals surface area contributed by atoms with Crippen molar-refractivity contribution in [2.75, 3.05) is 13.2 Å². The fraction of sp³-hybridized carbons (Fsp3) is 0.190. The predicted octanol–water partition coefficient (Wildman–Crippen LogP) is 9.16. The molecule has 15 heteroatoms. The van der Waals surface area contributed by atoms with E-state index in [1.807, 2.05) is 37.4 Å². The zero-order valence-electron chi connectivity index (χ0n) is 32.7. The van der Waals surface area contributed by atoms with Gasteiger partial charge in [-0.3, -0.25) is 0 Å². The van der Waals surface area contributed by atoms with Crippen LogP contribution in [0.1, 0.15) is 11.1 Å². The number of rotatable bonds is 18. The molecule has 0 saturated carbocycles. The van der Waals surface area contributed by atoms with Crippen molar-refractivity contribution in [1.82, 2.24) is 0 Å². The summed E-state index contributed by atoms with van der Waals surface area (Å²) in [5.74, 6) is 1.19. The van der Waals surface area contributed by atoms with Crippen molar-refractivity contribution in [3.63, 3.8) is 0 Å². The first kappa shape index (κ1) is 44.6. The van der Waals surface area contributed by atoms with Crippen LogP contribution in [0.15, 0.2) is 152 Å². The number of nitrogens with zero attached hydrogens (tertiary/aromatic N) is 2. The Balaban J connectivity index is 1.25. The molecule has 4 aromatic rings. The second-order valence-corrected chi connectivity index (χ2v) is 29.6. The first-order valence-corrected chi connectivity index (χ1v) is 29.7. The molecule has 57 heavy (non-hydrogen) atoms. The molecule has 0 aliphatic carbocycles. The van der Waals surface area contributed by atoms with Gasteiger partial charge < -0.3 is 17.7 Å². The zero-order chi connectivity index (χ0) is 41.7. The van der Waals surface area contributed by atoms with Crippen molar-refractivity contribution in [3.8, 4) is 23.6 Å². The third-order valence-corrected chi connectivity index (χ3v) is 21.6. The first-order chi connectivity index (χ1) is 26.9. The van der Waals surface area contributed by atoms with Crippen LogP contribution in [0.2, 0.25) is 39.3 Å². The summed E-state index contributed by atoms with van der Waals surface area (Å²) in [6, 6.07) is 33.0. The van der Waals surface area contributed by atoms with E-state index in [-0.39, 0.29) is 19.6 Å². The molecule has 0 saturated heterocycles. The van der Waals surface area contributed by atoms with E-state index in [2.05, 4.69) is 37.6 Å². The van der Waals surface area contributed by atoms with E-state index in [4.69, 9.17) is 17.7 Å². The lowest BCUT2D eigenvalue weighted by molar-refractivity contribution is 0.362. The van der Waals surface area contributed by atoms with Gasteiger partial charge in [0.2, 0.25) is 19.7 Å². The van der Waals surface area contributed by atoms with E-state index >= 15 is 0 Å². The van der Waals surface area contributed by atoms with Crippen LogP contribution in [0.4, 0.5) is 0 Å². The molecule has 0 amide bonds. The van der Waals surface area contributed by atoms with Gasteiger partial charge in [0.15, 0.2) is 16.6 Å². The summed E-state index contributed by atoms with van der Waals surface area (Å²) in [6.45, 7) is 13.1. The lowest BCUT2D eigenvalue weighted by atomic mass is 10.2. The minimum absolute atomic E-state index is 0.0636. The van der Waals surface area contributed by atoms with E-state index in [1.165, 1.54) is 36.4 Å². The van der Waals surface area contributed by atoms with Gasteiger partial charge in [-0.1, -0.05) is 84.2 Å². The maximum absolute atomic E-state index is 12.9. The molecule has 0 atom stereocenters. The van der Waals surface area contributed by atoms with Crippen molar-refractivity contribution in [2.45, 2.75) is 49.1 Å². The highest BCUT2D eigenvalue weighted by Gasteiger charge is 2.37. The van der Waals surface area contributed by atoms with Crippen molar-refractivity contribution < 1.29 is 34.5 Å². The summed E-state index contributed by atoms with van der Waals surface area (Å²) in [5, 5.41) is 19.1. The largest absolute Gasteiger partial charge is 0.490 e. The van der Waals surface area contributed by atoms with Crippen LogP contribution in [0.3, 0.4) is 0 Å². The second kappa shape index (κ2) is 19.4. The highest BCUT2D eigenvalue weighted by molar-refractivity contribution is 7.96. The average molecular weight is 855 g/mol. The Kier molecular flexibility index (Phi) is 15.1. The van der Waals surface area contributed by atoms with Crippen molar-refractivity contribution in [1.29, 1.82) is 10.5 Å². The summed E-state index contributed by atoms with van der Waals surface area (Å²) < 4.78 is 76.5. The molecule has 0 aliphatic heterocycles. The van der Waals surface area contributed by atoms with Gasteiger partial charge in [-0.15, -0.1) is 0 Å². The maximum Gasteiger partial charge on any atom is 0.311 e. The lowest BCUT2D eigenvalue weighted by Crippen LogP contribution is -2.51. The molecule has 0 radical (unpaired) electrons. The normalized spacial score (nSPS) is 13.3. The average Bonchev–Trinajstić information content (AvgIpc) is 3.17. The minimum atomic E-state index is -3.92. The van der Waals surface area contributed by atoms with Gasteiger partial charge >= 0.3 is 8.56 Å². The summed E-state index contributed by atoms with van der Waals surface area (Å²) in [4.78, 5) is -0.553. The van der Waals surface area contributed by atoms with Crippen molar-refractivity contribution >= 4 is 57.0 Å². The summed E-state index contributed by atoms with van der Waals surface area (Å²) in [5.41, 5.74) is 5.26. The molecule has 10 nitrogen and oxygen atoms in total. The number of hydrogen-bond donors (Lipinski definition) is 0. The first-order valence-electron chi connectivity index (χ1n) is 17.9. The third kappa shape index (κ3) is 13.5. The van der Waals surface area contributed by atoms with Crippen LogP contribution in [0.25, 0.3) is 12.2 Å². The molecule has 4 aromatic carbocycles. The SMILES string of the molecule is C[Si](C)(/C=C/COc1ccc(/C=C(\C#N)S(=O)(=O)c2ccccc2)cc1)O[Si](C)(C)O[Si](C)(C)/C=C/COc1ccc(/C=C(\C#N)S(=O)(=O)c2ccccc2)cc1. The molecule has 0 aromatic heterocycles. The van der Waals surface area contributed by atoms with Crippen LogP contribution in [0.5, 0.6) is 11.5 Å². The number of hydrogen-bond acceptors (Lipinski definition) is 10. The van der Waals surface area contributed by atoms with Crippen LogP contribution in [-0.4, -0.2) is 55.2 Å². The minimum Gasteiger partial charge on any atom is -0.490 e. The molecular weight excluding hydrogens is 809 g/mol. The molecule has 296 valence electrons. The Hall–Kier alpha value is -5.11. The number of ether oxygens (including phenoxy) is 2. The van der Waals surface area contributed by atoms with E-state index < -0.39 is 44.9 Å². The molecule has 0 heterocycles. The molecule has 0 unspecified atom stereocenters. The summed E-state index contributed by atoms with van der Waals surface area (Å²) >= 11 is 0. The van der Waals surface area contributed by atoms with Crippen LogP contribution in [0, 0.1) is 22.7 Å². The Morgan fingerprint density at radius 1 is 0.544 bits per heavy atom. The molecular formula is C42H46N2O8S2Si3. The number of allylic oxidation sites excluding steroid dienone is 2. The lowest BCUT2D eigenvalue weighted by Gasteiger charge is -2.36. The van der Waals surface area contributed by atoms with Crippen LogP contribution < -0.4 is 9.47 Å². The molecule has 4 rings (SSSR count). The van der Waals surface area contributed by atoms with Gasteiger partial charge in [-0.2, -0.15) is 10.5 Å². The smallest absolute Gasteiger partial charge is 0.311 e. The topological polar surface area (TPSA) is 153 Å². The predicted molar refractivity (Wildman–Crippen MR) is 231 cm³/mol. The number of benzene rings is 4. The van der Waals surface area contributed by atoms with E-state index in [0.29, 0.717) is 35.8 Å². The maximum atomic E-state index is 12.9. The number of nitriles is 2. The summed E-state index contributed by atoms with van der Waals surface area (Å²) in [7, 11) is -15.0. The van der Waals surface area contributed by atoms with Gasteiger partial charge in [0.25, 0.3) is 0 Å². The molecule has 0 fully saturated rings.